The third-order valence-electron chi connectivity index (χ3n) is 4.86. The molecule has 0 aromatic heterocycles. The first-order valence-electron chi connectivity index (χ1n) is 6.90. The first kappa shape index (κ1) is 16.0. The quantitative estimate of drug-likeness (QED) is 0.684. The number of carbonyl (C=O) groups is 2. The number of amides is 1. The highest BCUT2D eigenvalue weighted by atomic mass is 16.4. The van der Waals surface area contributed by atoms with E-state index in [4.69, 9.17) is 0 Å². The van der Waals surface area contributed by atoms with Crippen molar-refractivity contribution in [3.8, 4) is 0 Å². The molecule has 0 aliphatic heterocycles. The van der Waals surface area contributed by atoms with E-state index in [1.165, 1.54) is 0 Å². The number of nitrogens with one attached hydrogen (secondary N) is 1. The lowest BCUT2D eigenvalue weighted by molar-refractivity contribution is -0.153. The summed E-state index contributed by atoms with van der Waals surface area (Å²) in [5.41, 5.74) is -1.31. The van der Waals surface area contributed by atoms with Gasteiger partial charge in [0.05, 0.1) is 11.5 Å². The average Bonchev–Trinajstić information content (AvgIpc) is 2.35. The Balaban J connectivity index is 2.63. The van der Waals surface area contributed by atoms with Crippen molar-refractivity contribution in [3.05, 3.63) is 0 Å². The van der Waals surface area contributed by atoms with Crippen LogP contribution >= 0.6 is 0 Å². The second-order valence-electron chi connectivity index (χ2n) is 6.16. The Morgan fingerprint density at radius 3 is 2.16 bits per heavy atom. The van der Waals surface area contributed by atoms with Gasteiger partial charge in [0.1, 0.15) is 0 Å². The van der Waals surface area contributed by atoms with Crippen LogP contribution in [0.3, 0.4) is 0 Å². The fraction of sp³-hybridized carbons (Fsp3) is 0.857. The molecule has 0 heterocycles. The maximum Gasteiger partial charge on any atom is 0.310 e. The van der Waals surface area contributed by atoms with Crippen molar-refractivity contribution >= 4 is 11.9 Å². The molecule has 1 fully saturated rings. The van der Waals surface area contributed by atoms with Crippen LogP contribution < -0.4 is 5.32 Å². The third kappa shape index (κ3) is 2.91. The highest BCUT2D eigenvalue weighted by Crippen LogP contribution is 2.41. The highest BCUT2D eigenvalue weighted by molar-refractivity contribution is 5.85. The van der Waals surface area contributed by atoms with E-state index in [1.54, 1.807) is 13.8 Å². The number of aliphatic hydroxyl groups excluding tert-OH is 1. The summed E-state index contributed by atoms with van der Waals surface area (Å²) >= 11 is 0. The molecule has 0 radical (unpaired) electrons. The maximum absolute atomic E-state index is 12.0. The predicted molar refractivity (Wildman–Crippen MR) is 71.6 cm³/mol. The van der Waals surface area contributed by atoms with Gasteiger partial charge in [0.15, 0.2) is 0 Å². The molecule has 0 bridgehead atoms. The second-order valence-corrected chi connectivity index (χ2v) is 6.16. The zero-order valence-electron chi connectivity index (χ0n) is 12.2. The molecule has 110 valence electrons. The van der Waals surface area contributed by atoms with Gasteiger partial charge in [0.2, 0.25) is 5.91 Å². The van der Waals surface area contributed by atoms with Crippen LogP contribution in [0.25, 0.3) is 0 Å². The predicted octanol–water partition coefficient (Wildman–Crippen LogP) is 1.54. The molecule has 3 N–H and O–H groups in total. The van der Waals surface area contributed by atoms with E-state index in [9.17, 15) is 19.8 Å². The number of carbonyl (C=O) groups excluding carboxylic acids is 1. The van der Waals surface area contributed by atoms with Crippen LogP contribution in [0.4, 0.5) is 0 Å². The maximum atomic E-state index is 12.0. The number of hydrogen-bond donors (Lipinski definition) is 3. The Hall–Kier alpha value is -1.10. The van der Waals surface area contributed by atoms with Gasteiger partial charge in [-0.25, -0.2) is 0 Å². The standard InChI is InChI=1S/C14H25NO4/c1-5-14(6-2,12(18)19)8-11(17)15-9-7-10(16)13(9,3)4/h9-10,16H,5-8H2,1-4H3,(H,15,17)(H,18,19). The normalized spacial score (nSPS) is 25.5. The summed E-state index contributed by atoms with van der Waals surface area (Å²) in [5.74, 6) is -1.16. The van der Waals surface area contributed by atoms with Gasteiger partial charge in [-0.3, -0.25) is 9.59 Å². The van der Waals surface area contributed by atoms with E-state index in [-0.39, 0.29) is 23.8 Å². The number of aliphatic hydroxyl groups is 1. The number of carboxylic acids is 1. The molecule has 1 saturated carbocycles. The minimum absolute atomic E-state index is 0.00198. The van der Waals surface area contributed by atoms with Gasteiger partial charge in [0.25, 0.3) is 0 Å². The van der Waals surface area contributed by atoms with Crippen molar-refractivity contribution in [2.24, 2.45) is 10.8 Å². The fourth-order valence-corrected chi connectivity index (χ4v) is 2.58. The Morgan fingerprint density at radius 2 is 1.84 bits per heavy atom. The van der Waals surface area contributed by atoms with E-state index in [0.717, 1.165) is 0 Å². The molecular weight excluding hydrogens is 246 g/mol. The van der Waals surface area contributed by atoms with Crippen molar-refractivity contribution in [2.75, 3.05) is 0 Å². The molecule has 0 spiro atoms. The molecule has 5 nitrogen and oxygen atoms in total. The second kappa shape index (κ2) is 5.49. The van der Waals surface area contributed by atoms with Crippen LogP contribution in [0.2, 0.25) is 0 Å². The van der Waals surface area contributed by atoms with Gasteiger partial charge in [-0.05, 0) is 19.3 Å². The molecule has 0 aromatic carbocycles. The van der Waals surface area contributed by atoms with Crippen molar-refractivity contribution in [1.29, 1.82) is 0 Å². The minimum atomic E-state index is -0.976. The van der Waals surface area contributed by atoms with E-state index >= 15 is 0 Å². The van der Waals surface area contributed by atoms with Crippen LogP contribution in [-0.2, 0) is 9.59 Å². The van der Waals surface area contributed by atoms with Crippen LogP contribution in [0.5, 0.6) is 0 Å². The zero-order valence-corrected chi connectivity index (χ0v) is 12.2. The summed E-state index contributed by atoms with van der Waals surface area (Å²) < 4.78 is 0. The van der Waals surface area contributed by atoms with Gasteiger partial charge in [-0.15, -0.1) is 0 Å². The Morgan fingerprint density at radius 1 is 1.32 bits per heavy atom. The summed E-state index contributed by atoms with van der Waals surface area (Å²) in [4.78, 5) is 23.4. The lowest BCUT2D eigenvalue weighted by atomic mass is 9.64. The topological polar surface area (TPSA) is 86.6 Å². The number of hydrogen-bond acceptors (Lipinski definition) is 3. The monoisotopic (exact) mass is 271 g/mol. The molecular formula is C14H25NO4. The smallest absolute Gasteiger partial charge is 0.310 e. The van der Waals surface area contributed by atoms with Crippen LogP contribution in [-0.4, -0.2) is 34.2 Å². The molecule has 2 atom stereocenters. The largest absolute Gasteiger partial charge is 0.481 e. The molecule has 0 saturated heterocycles. The number of rotatable bonds is 6. The molecule has 2 unspecified atom stereocenters. The van der Waals surface area contributed by atoms with E-state index in [2.05, 4.69) is 5.32 Å². The van der Waals surface area contributed by atoms with Crippen LogP contribution in [0, 0.1) is 10.8 Å². The Labute approximate surface area is 114 Å². The zero-order chi connectivity index (χ0) is 14.8. The molecule has 1 amide bonds. The summed E-state index contributed by atoms with van der Waals surface area (Å²) in [6.45, 7) is 7.39. The molecule has 1 rings (SSSR count). The lowest BCUT2D eigenvalue weighted by Gasteiger charge is -2.49. The number of carboxylic acid groups (broad SMARTS) is 1. The Bertz CT molecular complexity index is 360. The first-order valence-corrected chi connectivity index (χ1v) is 6.90. The lowest BCUT2D eigenvalue weighted by Crippen LogP contribution is -2.61. The van der Waals surface area contributed by atoms with E-state index in [1.807, 2.05) is 13.8 Å². The summed E-state index contributed by atoms with van der Waals surface area (Å²) in [7, 11) is 0. The van der Waals surface area contributed by atoms with Crippen molar-refractivity contribution in [1.82, 2.24) is 5.32 Å². The van der Waals surface area contributed by atoms with Gasteiger partial charge < -0.3 is 15.5 Å². The first-order chi connectivity index (χ1) is 8.69. The summed E-state index contributed by atoms with van der Waals surface area (Å²) in [5, 5.41) is 21.8. The molecule has 1 aliphatic carbocycles. The minimum Gasteiger partial charge on any atom is -0.481 e. The molecule has 5 heteroatoms. The Kier molecular flexibility index (Phi) is 4.61. The number of aliphatic carboxylic acids is 1. The molecule has 19 heavy (non-hydrogen) atoms. The molecule has 0 aromatic rings. The highest BCUT2D eigenvalue weighted by Gasteiger charge is 2.48. The third-order valence-corrected chi connectivity index (χ3v) is 4.86. The summed E-state index contributed by atoms with van der Waals surface area (Å²) in [6, 6.07) is -0.0739. The molecule has 1 aliphatic rings. The summed E-state index contributed by atoms with van der Waals surface area (Å²) in [6.07, 6.45) is 1.00. The van der Waals surface area contributed by atoms with E-state index in [0.29, 0.717) is 19.3 Å². The van der Waals surface area contributed by atoms with Gasteiger partial charge >= 0.3 is 5.97 Å². The van der Waals surface area contributed by atoms with Gasteiger partial charge in [0, 0.05) is 17.9 Å². The fourth-order valence-electron chi connectivity index (χ4n) is 2.58. The van der Waals surface area contributed by atoms with Crippen molar-refractivity contribution in [2.45, 2.75) is 65.5 Å². The van der Waals surface area contributed by atoms with Crippen LogP contribution in [0.15, 0.2) is 0 Å². The van der Waals surface area contributed by atoms with Crippen molar-refractivity contribution in [3.63, 3.8) is 0 Å². The van der Waals surface area contributed by atoms with Gasteiger partial charge in [-0.1, -0.05) is 27.7 Å². The van der Waals surface area contributed by atoms with Crippen molar-refractivity contribution < 1.29 is 19.8 Å². The SMILES string of the molecule is CCC(CC)(CC(=O)NC1CC(O)C1(C)C)C(=O)O. The van der Waals surface area contributed by atoms with Gasteiger partial charge in [-0.2, -0.15) is 0 Å². The average molecular weight is 271 g/mol. The van der Waals surface area contributed by atoms with E-state index < -0.39 is 17.5 Å². The van der Waals surface area contributed by atoms with Crippen LogP contribution in [0.1, 0.15) is 53.4 Å².